The van der Waals surface area contributed by atoms with Crippen LogP contribution in [0.3, 0.4) is 0 Å². The lowest BCUT2D eigenvalue weighted by Gasteiger charge is -2.41. The zero-order valence-corrected chi connectivity index (χ0v) is 16.2. The van der Waals surface area contributed by atoms with E-state index >= 15 is 0 Å². The van der Waals surface area contributed by atoms with E-state index in [-0.39, 0.29) is 11.8 Å². The molecule has 6 nitrogen and oxygen atoms in total. The number of benzene rings is 1. The Balaban J connectivity index is 1.48. The minimum absolute atomic E-state index is 0.108. The number of carbonyl (C=O) groups is 2. The zero-order valence-electron chi connectivity index (χ0n) is 16.2. The standard InChI is InChI=1S/C21H28N2O4/c1-20(2,18(24)22-12-9-21(10-13-22)26-14-15-27-21)19(25)23-11-5-7-16-6-3-4-8-17(16)23/h3-4,6,8H,5,7,9-15H2,1-2H3. The van der Waals surface area contributed by atoms with Gasteiger partial charge >= 0.3 is 0 Å². The highest BCUT2D eigenvalue weighted by atomic mass is 16.7. The molecule has 1 aromatic carbocycles. The highest BCUT2D eigenvalue weighted by Crippen LogP contribution is 2.35. The molecule has 0 atom stereocenters. The van der Waals surface area contributed by atoms with Crippen molar-refractivity contribution in [1.29, 1.82) is 0 Å². The number of amides is 2. The molecular weight excluding hydrogens is 344 g/mol. The van der Waals surface area contributed by atoms with Crippen LogP contribution < -0.4 is 4.90 Å². The van der Waals surface area contributed by atoms with Gasteiger partial charge in [-0.05, 0) is 38.3 Å². The zero-order chi connectivity index (χ0) is 19.1. The van der Waals surface area contributed by atoms with Crippen molar-refractivity contribution in [2.75, 3.05) is 37.7 Å². The molecule has 1 aromatic rings. The van der Waals surface area contributed by atoms with E-state index in [1.54, 1.807) is 23.6 Å². The van der Waals surface area contributed by atoms with E-state index in [0.29, 0.717) is 45.7 Å². The average molecular weight is 372 g/mol. The largest absolute Gasteiger partial charge is 0.347 e. The van der Waals surface area contributed by atoms with Crippen LogP contribution in [0.15, 0.2) is 24.3 Å². The third-order valence-electron chi connectivity index (χ3n) is 6.05. The lowest BCUT2D eigenvalue weighted by Crippen LogP contribution is -2.55. The molecule has 0 saturated carbocycles. The molecule has 0 aliphatic carbocycles. The first-order chi connectivity index (χ1) is 12.9. The van der Waals surface area contributed by atoms with Gasteiger partial charge in [0.1, 0.15) is 5.41 Å². The van der Waals surface area contributed by atoms with Gasteiger partial charge in [-0.1, -0.05) is 18.2 Å². The van der Waals surface area contributed by atoms with Crippen LogP contribution in [0.1, 0.15) is 38.7 Å². The summed E-state index contributed by atoms with van der Waals surface area (Å²) in [6, 6.07) is 7.99. The molecule has 0 bridgehead atoms. The topological polar surface area (TPSA) is 59.1 Å². The van der Waals surface area contributed by atoms with Gasteiger partial charge in [-0.2, -0.15) is 0 Å². The smallest absolute Gasteiger partial charge is 0.242 e. The number of ether oxygens (including phenoxy) is 2. The summed E-state index contributed by atoms with van der Waals surface area (Å²) in [5, 5.41) is 0. The van der Waals surface area contributed by atoms with Gasteiger partial charge in [-0.3, -0.25) is 9.59 Å². The number of carbonyl (C=O) groups excluding carboxylic acids is 2. The summed E-state index contributed by atoms with van der Waals surface area (Å²) < 4.78 is 11.5. The number of hydrogen-bond acceptors (Lipinski definition) is 4. The van der Waals surface area contributed by atoms with Crippen LogP contribution in [0.4, 0.5) is 5.69 Å². The second-order valence-electron chi connectivity index (χ2n) is 8.21. The Hall–Kier alpha value is -1.92. The molecule has 27 heavy (non-hydrogen) atoms. The van der Waals surface area contributed by atoms with Crippen LogP contribution in [0, 0.1) is 5.41 Å². The van der Waals surface area contributed by atoms with Crippen molar-refractivity contribution in [3.63, 3.8) is 0 Å². The molecule has 6 heteroatoms. The number of piperidine rings is 1. The molecule has 4 rings (SSSR count). The van der Waals surface area contributed by atoms with Gasteiger partial charge in [0.15, 0.2) is 5.79 Å². The fraction of sp³-hybridized carbons (Fsp3) is 0.619. The molecule has 2 saturated heterocycles. The fourth-order valence-electron chi connectivity index (χ4n) is 4.40. The van der Waals surface area contributed by atoms with E-state index in [2.05, 4.69) is 6.07 Å². The monoisotopic (exact) mass is 372 g/mol. The summed E-state index contributed by atoms with van der Waals surface area (Å²) in [5.74, 6) is -0.742. The van der Waals surface area contributed by atoms with Gasteiger partial charge in [0.2, 0.25) is 11.8 Å². The lowest BCUT2D eigenvalue weighted by atomic mass is 9.87. The highest BCUT2D eigenvalue weighted by molar-refractivity contribution is 6.11. The molecule has 0 N–H and O–H groups in total. The van der Waals surface area contributed by atoms with Crippen molar-refractivity contribution in [1.82, 2.24) is 4.90 Å². The summed E-state index contributed by atoms with van der Waals surface area (Å²) >= 11 is 0. The molecule has 2 fully saturated rings. The van der Waals surface area contributed by atoms with E-state index in [1.165, 1.54) is 5.56 Å². The molecule has 1 spiro atoms. The molecule has 3 aliphatic heterocycles. The number of para-hydroxylation sites is 1. The van der Waals surface area contributed by atoms with Gasteiger partial charge in [0.05, 0.1) is 13.2 Å². The molecule has 0 unspecified atom stereocenters. The molecule has 146 valence electrons. The summed E-state index contributed by atoms with van der Waals surface area (Å²) in [6.45, 7) is 6.53. The van der Waals surface area contributed by atoms with Crippen molar-refractivity contribution in [2.45, 2.75) is 45.3 Å². The quantitative estimate of drug-likeness (QED) is 0.748. The summed E-state index contributed by atoms with van der Waals surface area (Å²) in [4.78, 5) is 30.2. The van der Waals surface area contributed by atoms with Crippen molar-refractivity contribution in [3.8, 4) is 0 Å². The minimum atomic E-state index is -1.09. The van der Waals surface area contributed by atoms with Crippen molar-refractivity contribution in [3.05, 3.63) is 29.8 Å². The van der Waals surface area contributed by atoms with E-state index in [4.69, 9.17) is 9.47 Å². The Morgan fingerprint density at radius 2 is 1.67 bits per heavy atom. The van der Waals surface area contributed by atoms with Crippen LogP contribution >= 0.6 is 0 Å². The Labute approximate surface area is 160 Å². The average Bonchev–Trinajstić information content (AvgIpc) is 3.15. The van der Waals surface area contributed by atoms with Crippen molar-refractivity contribution < 1.29 is 19.1 Å². The van der Waals surface area contributed by atoms with Crippen LogP contribution in [0.2, 0.25) is 0 Å². The molecule has 3 heterocycles. The number of likely N-dealkylation sites (tertiary alicyclic amines) is 1. The van der Waals surface area contributed by atoms with Crippen molar-refractivity contribution in [2.24, 2.45) is 5.41 Å². The van der Waals surface area contributed by atoms with Gasteiger partial charge in [-0.25, -0.2) is 0 Å². The predicted octanol–water partition coefficient (Wildman–Crippen LogP) is 2.36. The minimum Gasteiger partial charge on any atom is -0.347 e. The number of hydrogen-bond donors (Lipinski definition) is 0. The van der Waals surface area contributed by atoms with Crippen LogP contribution in [0.5, 0.6) is 0 Å². The first kappa shape index (κ1) is 18.4. The third-order valence-corrected chi connectivity index (χ3v) is 6.05. The number of anilines is 1. The highest BCUT2D eigenvalue weighted by Gasteiger charge is 2.46. The molecular formula is C21H28N2O4. The number of fused-ring (bicyclic) bond motifs is 1. The third kappa shape index (κ3) is 3.25. The van der Waals surface area contributed by atoms with Crippen LogP contribution in [-0.4, -0.2) is 55.3 Å². The van der Waals surface area contributed by atoms with Gasteiger partial charge < -0.3 is 19.3 Å². The summed E-state index contributed by atoms with van der Waals surface area (Å²) in [6.07, 6.45) is 3.22. The Bertz CT molecular complexity index is 729. The van der Waals surface area contributed by atoms with Gasteiger partial charge in [-0.15, -0.1) is 0 Å². The second kappa shape index (κ2) is 6.91. The molecule has 0 radical (unpaired) electrons. The maximum atomic E-state index is 13.3. The van der Waals surface area contributed by atoms with Crippen LogP contribution in [0.25, 0.3) is 0 Å². The van der Waals surface area contributed by atoms with E-state index < -0.39 is 11.2 Å². The Morgan fingerprint density at radius 1 is 1.00 bits per heavy atom. The van der Waals surface area contributed by atoms with Crippen LogP contribution in [-0.2, 0) is 25.5 Å². The van der Waals surface area contributed by atoms with E-state index in [0.717, 1.165) is 18.5 Å². The first-order valence-corrected chi connectivity index (χ1v) is 9.90. The maximum Gasteiger partial charge on any atom is 0.242 e. The first-order valence-electron chi connectivity index (χ1n) is 9.90. The SMILES string of the molecule is CC(C)(C(=O)N1CCC2(CC1)OCCO2)C(=O)N1CCCc2ccccc21. The maximum absolute atomic E-state index is 13.3. The Kier molecular flexibility index (Phi) is 4.72. The number of rotatable bonds is 2. The molecule has 3 aliphatic rings. The predicted molar refractivity (Wildman–Crippen MR) is 101 cm³/mol. The fourth-order valence-corrected chi connectivity index (χ4v) is 4.40. The van der Waals surface area contributed by atoms with E-state index in [1.807, 2.05) is 18.2 Å². The lowest BCUT2D eigenvalue weighted by molar-refractivity contribution is -0.189. The summed E-state index contributed by atoms with van der Waals surface area (Å²) in [7, 11) is 0. The summed E-state index contributed by atoms with van der Waals surface area (Å²) in [5.41, 5.74) is 1.03. The second-order valence-corrected chi connectivity index (χ2v) is 8.21. The number of aryl methyl sites for hydroxylation is 1. The van der Waals surface area contributed by atoms with Crippen molar-refractivity contribution >= 4 is 17.5 Å². The normalized spacial score (nSPS) is 22.0. The molecule has 2 amide bonds. The van der Waals surface area contributed by atoms with Gasteiger partial charge in [0.25, 0.3) is 0 Å². The van der Waals surface area contributed by atoms with E-state index in [9.17, 15) is 9.59 Å². The Morgan fingerprint density at radius 3 is 2.37 bits per heavy atom. The number of nitrogens with zero attached hydrogens (tertiary/aromatic N) is 2. The van der Waals surface area contributed by atoms with Gasteiger partial charge in [0, 0.05) is 38.2 Å². The molecule has 0 aromatic heterocycles.